The number of fused-ring (bicyclic) bond motifs is 1. The molecule has 0 aliphatic carbocycles. The van der Waals surface area contributed by atoms with Gasteiger partial charge in [-0.25, -0.2) is 4.98 Å². The number of esters is 1. The highest BCUT2D eigenvalue weighted by Crippen LogP contribution is 2.22. The summed E-state index contributed by atoms with van der Waals surface area (Å²) >= 11 is 0. The second-order valence-electron chi connectivity index (χ2n) is 7.25. The summed E-state index contributed by atoms with van der Waals surface area (Å²) in [6, 6.07) is 16.0. The smallest absolute Gasteiger partial charge is 0.307 e. The first-order valence-corrected chi connectivity index (χ1v) is 10.2. The Hall–Kier alpha value is -3.52. The number of hydrogen-bond acceptors (Lipinski definition) is 6. The zero-order chi connectivity index (χ0) is 21.6. The van der Waals surface area contributed by atoms with Crippen molar-refractivity contribution < 1.29 is 19.1 Å². The first-order chi connectivity index (χ1) is 15.1. The molecular weight excluding hydrogens is 398 g/mol. The molecule has 8 heteroatoms. The first-order valence-electron chi connectivity index (χ1n) is 10.2. The van der Waals surface area contributed by atoms with Gasteiger partial charge in [-0.1, -0.05) is 42.5 Å². The molecule has 1 aromatic heterocycles. The summed E-state index contributed by atoms with van der Waals surface area (Å²) in [4.78, 5) is 46.6. The van der Waals surface area contributed by atoms with Crippen LogP contribution in [0, 0.1) is 0 Å². The molecule has 31 heavy (non-hydrogen) atoms. The predicted molar refractivity (Wildman–Crippen MR) is 113 cm³/mol. The van der Waals surface area contributed by atoms with Gasteiger partial charge < -0.3 is 19.4 Å². The standard InChI is InChI=1S/C23H23N3O5/c27-20(11-10-19-24-18-9-5-4-8-17(18)22(28)25-19)31-21(16-6-2-1-3-7-16)23(29)26-12-14-30-15-13-26/h1-9,21H,10-15H2,(H,24,25,28)/t21-/m1/s1. The van der Waals surface area contributed by atoms with Gasteiger partial charge in [-0.05, 0) is 12.1 Å². The molecule has 160 valence electrons. The van der Waals surface area contributed by atoms with Gasteiger partial charge in [0.25, 0.3) is 11.5 Å². The highest BCUT2D eigenvalue weighted by atomic mass is 16.5. The van der Waals surface area contributed by atoms with Gasteiger partial charge >= 0.3 is 5.97 Å². The number of rotatable bonds is 6. The van der Waals surface area contributed by atoms with Gasteiger partial charge in [-0.2, -0.15) is 0 Å². The van der Waals surface area contributed by atoms with E-state index in [0.29, 0.717) is 48.6 Å². The van der Waals surface area contributed by atoms with Crippen molar-refractivity contribution >= 4 is 22.8 Å². The fourth-order valence-corrected chi connectivity index (χ4v) is 3.50. The van der Waals surface area contributed by atoms with E-state index in [9.17, 15) is 14.4 Å². The van der Waals surface area contributed by atoms with Crippen molar-refractivity contribution in [1.29, 1.82) is 0 Å². The highest BCUT2D eigenvalue weighted by molar-refractivity contribution is 5.85. The zero-order valence-corrected chi connectivity index (χ0v) is 17.0. The third kappa shape index (κ3) is 4.97. The summed E-state index contributed by atoms with van der Waals surface area (Å²) in [6.45, 7) is 1.84. The van der Waals surface area contributed by atoms with Crippen LogP contribution < -0.4 is 5.56 Å². The summed E-state index contributed by atoms with van der Waals surface area (Å²) < 4.78 is 10.9. The number of nitrogens with zero attached hydrogens (tertiary/aromatic N) is 2. The number of aromatic nitrogens is 2. The number of benzene rings is 2. The summed E-state index contributed by atoms with van der Waals surface area (Å²) in [7, 11) is 0. The Balaban J connectivity index is 1.46. The average molecular weight is 421 g/mol. The maximum Gasteiger partial charge on any atom is 0.307 e. The van der Waals surface area contributed by atoms with Crippen LogP contribution in [-0.4, -0.2) is 53.0 Å². The third-order valence-electron chi connectivity index (χ3n) is 5.13. The van der Waals surface area contributed by atoms with E-state index in [1.165, 1.54) is 0 Å². The van der Waals surface area contributed by atoms with E-state index >= 15 is 0 Å². The lowest BCUT2D eigenvalue weighted by Gasteiger charge is -2.30. The number of carbonyl (C=O) groups is 2. The Morgan fingerprint density at radius 2 is 1.77 bits per heavy atom. The fourth-order valence-electron chi connectivity index (χ4n) is 3.50. The SMILES string of the molecule is O=C(CCc1nc2ccccc2c(=O)[nH]1)O[C@@H](C(=O)N1CCOCC1)c1ccccc1. The molecule has 1 fully saturated rings. The van der Waals surface area contributed by atoms with Gasteiger partial charge in [-0.3, -0.25) is 14.4 Å². The average Bonchev–Trinajstić information content (AvgIpc) is 2.82. The van der Waals surface area contributed by atoms with Gasteiger partial charge in [-0.15, -0.1) is 0 Å². The minimum atomic E-state index is -1.02. The van der Waals surface area contributed by atoms with E-state index in [2.05, 4.69) is 9.97 Å². The van der Waals surface area contributed by atoms with Gasteiger partial charge in [0.05, 0.1) is 30.5 Å². The third-order valence-corrected chi connectivity index (χ3v) is 5.13. The Morgan fingerprint density at radius 3 is 2.55 bits per heavy atom. The van der Waals surface area contributed by atoms with Crippen LogP contribution in [0.4, 0.5) is 0 Å². The van der Waals surface area contributed by atoms with Crippen molar-refractivity contribution in [3.8, 4) is 0 Å². The predicted octanol–water partition coefficient (Wildman–Crippen LogP) is 2.00. The molecule has 1 amide bonds. The number of ether oxygens (including phenoxy) is 2. The molecule has 8 nitrogen and oxygen atoms in total. The highest BCUT2D eigenvalue weighted by Gasteiger charge is 2.30. The first kappa shape index (κ1) is 20.7. The topological polar surface area (TPSA) is 102 Å². The number of nitrogens with one attached hydrogen (secondary N) is 1. The number of H-pyrrole nitrogens is 1. The Bertz CT molecular complexity index is 1120. The number of aromatic amines is 1. The molecule has 2 aromatic carbocycles. The number of para-hydroxylation sites is 1. The molecule has 0 spiro atoms. The molecule has 1 N–H and O–H groups in total. The van der Waals surface area contributed by atoms with Crippen LogP contribution in [-0.2, 0) is 25.5 Å². The van der Waals surface area contributed by atoms with E-state index < -0.39 is 12.1 Å². The normalized spacial score (nSPS) is 14.9. The van der Waals surface area contributed by atoms with Crippen LogP contribution >= 0.6 is 0 Å². The maximum atomic E-state index is 13.0. The minimum absolute atomic E-state index is 0.0129. The maximum absolute atomic E-state index is 13.0. The van der Waals surface area contributed by atoms with Crippen LogP contribution in [0.5, 0.6) is 0 Å². The number of carbonyl (C=O) groups excluding carboxylic acids is 2. The molecule has 1 saturated heterocycles. The molecule has 2 heterocycles. The lowest BCUT2D eigenvalue weighted by Crippen LogP contribution is -2.44. The molecule has 1 aliphatic rings. The minimum Gasteiger partial charge on any atom is -0.447 e. The van der Waals surface area contributed by atoms with Crippen LogP contribution in [0.1, 0.15) is 23.9 Å². The molecule has 4 rings (SSSR count). The molecule has 3 aromatic rings. The number of hydrogen-bond donors (Lipinski definition) is 1. The van der Waals surface area contributed by atoms with Gasteiger partial charge in [0.2, 0.25) is 6.10 Å². The van der Waals surface area contributed by atoms with E-state index in [1.807, 2.05) is 6.07 Å². The summed E-state index contributed by atoms with van der Waals surface area (Å²) in [6.07, 6.45) is -0.830. The molecule has 0 saturated carbocycles. The molecule has 0 radical (unpaired) electrons. The summed E-state index contributed by atoms with van der Waals surface area (Å²) in [5, 5.41) is 0.495. The lowest BCUT2D eigenvalue weighted by molar-refractivity contribution is -0.162. The van der Waals surface area contributed by atoms with Crippen LogP contribution in [0.3, 0.4) is 0 Å². The zero-order valence-electron chi connectivity index (χ0n) is 17.0. The van der Waals surface area contributed by atoms with Gasteiger partial charge in [0.15, 0.2) is 0 Å². The molecule has 1 aliphatic heterocycles. The lowest BCUT2D eigenvalue weighted by atomic mass is 10.1. The van der Waals surface area contributed by atoms with Crippen LogP contribution in [0.25, 0.3) is 10.9 Å². The molecule has 0 bridgehead atoms. The number of morpholine rings is 1. The second-order valence-corrected chi connectivity index (χ2v) is 7.25. The molecular formula is C23H23N3O5. The van der Waals surface area contributed by atoms with E-state index in [-0.39, 0.29) is 24.3 Å². The summed E-state index contributed by atoms with van der Waals surface area (Å²) in [5.74, 6) is -0.400. The van der Waals surface area contributed by atoms with Crippen molar-refractivity contribution in [1.82, 2.24) is 14.9 Å². The molecule has 0 unspecified atom stereocenters. The Kier molecular flexibility index (Phi) is 6.37. The van der Waals surface area contributed by atoms with Crippen LogP contribution in [0.2, 0.25) is 0 Å². The van der Waals surface area contributed by atoms with E-state index in [4.69, 9.17) is 9.47 Å². The van der Waals surface area contributed by atoms with E-state index in [0.717, 1.165) is 0 Å². The van der Waals surface area contributed by atoms with Crippen molar-refractivity contribution in [3.63, 3.8) is 0 Å². The Labute approximate surface area is 178 Å². The van der Waals surface area contributed by atoms with Crippen molar-refractivity contribution in [3.05, 3.63) is 76.3 Å². The fraction of sp³-hybridized carbons (Fsp3) is 0.304. The monoisotopic (exact) mass is 421 g/mol. The van der Waals surface area contributed by atoms with Crippen molar-refractivity contribution in [2.24, 2.45) is 0 Å². The van der Waals surface area contributed by atoms with Gasteiger partial charge in [0.1, 0.15) is 5.82 Å². The number of aryl methyl sites for hydroxylation is 1. The largest absolute Gasteiger partial charge is 0.447 e. The van der Waals surface area contributed by atoms with Gasteiger partial charge in [0, 0.05) is 25.1 Å². The Morgan fingerprint density at radius 1 is 1.06 bits per heavy atom. The van der Waals surface area contributed by atoms with E-state index in [1.54, 1.807) is 53.4 Å². The van der Waals surface area contributed by atoms with Crippen LogP contribution in [0.15, 0.2) is 59.4 Å². The number of amides is 1. The summed E-state index contributed by atoms with van der Waals surface area (Å²) in [5.41, 5.74) is 0.933. The quantitative estimate of drug-likeness (QED) is 0.611. The molecule has 1 atom stereocenters. The van der Waals surface area contributed by atoms with Crippen molar-refractivity contribution in [2.45, 2.75) is 18.9 Å². The second kappa shape index (κ2) is 9.53. The van der Waals surface area contributed by atoms with Crippen molar-refractivity contribution in [2.75, 3.05) is 26.3 Å².